The van der Waals surface area contributed by atoms with Crippen molar-refractivity contribution in [2.75, 3.05) is 0 Å². The maximum Gasteiger partial charge on any atom is 0.573 e. The molecule has 0 spiro atoms. The van der Waals surface area contributed by atoms with Crippen LogP contribution in [0.2, 0.25) is 0 Å². The lowest BCUT2D eigenvalue weighted by Crippen LogP contribution is -2.30. The Morgan fingerprint density at radius 1 is 1.27 bits per heavy atom. The summed E-state index contributed by atoms with van der Waals surface area (Å²) in [6.07, 6.45) is -4.21. The number of nitrogens with two attached hydrogens (primary N) is 1. The SMILES string of the molecule is C[C@@H](NC(=O)[C@@H]1C[C@@]1(C)c1ccc(OC(F)(F)F)cc1)c1ccc(C(=O)OSN)c(CO)c1. The van der Waals surface area contributed by atoms with E-state index in [-0.39, 0.29) is 23.1 Å². The van der Waals surface area contributed by atoms with Gasteiger partial charge in [0.2, 0.25) is 5.91 Å². The van der Waals surface area contributed by atoms with Gasteiger partial charge in [-0.15, -0.1) is 13.2 Å². The minimum atomic E-state index is -4.76. The van der Waals surface area contributed by atoms with Crippen LogP contribution in [0.5, 0.6) is 5.75 Å². The van der Waals surface area contributed by atoms with Gasteiger partial charge >= 0.3 is 12.3 Å². The molecular weight excluding hydrogens is 461 g/mol. The standard InChI is InChI=1S/C22H23F3N2O5S/c1-12(13-3-8-17(14(9-13)11-28)20(30)32-33-26)27-19(29)18-10-21(18,2)15-4-6-16(7-5-15)31-22(23,24)25/h3-9,12,18,28H,10-11,26H2,1-2H3,(H,27,29)/t12-,18+,21+/m1/s1. The van der Waals surface area contributed by atoms with E-state index in [0.717, 1.165) is 5.56 Å². The summed E-state index contributed by atoms with van der Waals surface area (Å²) in [7, 11) is 0. The van der Waals surface area contributed by atoms with Crippen LogP contribution < -0.4 is 15.2 Å². The van der Waals surface area contributed by atoms with Crippen molar-refractivity contribution >= 4 is 24.1 Å². The van der Waals surface area contributed by atoms with Gasteiger partial charge in [-0.2, -0.15) is 0 Å². The first-order chi connectivity index (χ1) is 15.5. The summed E-state index contributed by atoms with van der Waals surface area (Å²) in [5.41, 5.74) is 1.44. The number of hydrogen-bond acceptors (Lipinski definition) is 7. The number of halogens is 3. The summed E-state index contributed by atoms with van der Waals surface area (Å²) < 4.78 is 45.6. The maximum atomic E-state index is 12.8. The number of nitrogens with one attached hydrogen (secondary N) is 1. The third-order valence-electron chi connectivity index (χ3n) is 5.80. The van der Waals surface area contributed by atoms with Gasteiger partial charge in [0.05, 0.1) is 18.2 Å². The van der Waals surface area contributed by atoms with E-state index in [1.807, 2.05) is 6.92 Å². The molecule has 0 heterocycles. The van der Waals surface area contributed by atoms with Crippen LogP contribution >= 0.6 is 12.2 Å². The van der Waals surface area contributed by atoms with Crippen molar-refractivity contribution in [2.45, 2.75) is 44.7 Å². The molecular formula is C22H23F3N2O5S. The molecule has 1 amide bonds. The Morgan fingerprint density at radius 3 is 2.52 bits per heavy atom. The molecule has 1 fully saturated rings. The molecule has 3 rings (SSSR count). The van der Waals surface area contributed by atoms with Gasteiger partial charge in [-0.3, -0.25) is 4.79 Å². The van der Waals surface area contributed by atoms with Crippen molar-refractivity contribution in [3.63, 3.8) is 0 Å². The summed E-state index contributed by atoms with van der Waals surface area (Å²) in [5.74, 6) is -1.55. The molecule has 1 aliphatic rings. The highest BCUT2D eigenvalue weighted by atomic mass is 32.2. The van der Waals surface area contributed by atoms with Crippen LogP contribution in [0.3, 0.4) is 0 Å². The van der Waals surface area contributed by atoms with E-state index >= 15 is 0 Å². The van der Waals surface area contributed by atoms with Crippen molar-refractivity contribution in [3.05, 3.63) is 64.7 Å². The third-order valence-corrected chi connectivity index (χ3v) is 6.05. The second kappa shape index (κ2) is 9.62. The molecule has 11 heteroatoms. The highest BCUT2D eigenvalue weighted by Crippen LogP contribution is 2.54. The van der Waals surface area contributed by atoms with Crippen LogP contribution in [0, 0.1) is 5.92 Å². The molecule has 0 radical (unpaired) electrons. The Morgan fingerprint density at radius 2 is 1.94 bits per heavy atom. The summed E-state index contributed by atoms with van der Waals surface area (Å²) in [6.45, 7) is 3.25. The fraction of sp³-hybridized carbons (Fsp3) is 0.364. The van der Waals surface area contributed by atoms with Crippen molar-refractivity contribution in [2.24, 2.45) is 11.1 Å². The van der Waals surface area contributed by atoms with E-state index in [1.165, 1.54) is 30.3 Å². The van der Waals surface area contributed by atoms with E-state index in [9.17, 15) is 27.9 Å². The summed E-state index contributed by atoms with van der Waals surface area (Å²) in [4.78, 5) is 24.7. The average molecular weight is 484 g/mol. The molecule has 3 atom stereocenters. The zero-order chi connectivity index (χ0) is 24.4. The molecule has 2 aromatic carbocycles. The predicted octanol–water partition coefficient (Wildman–Crippen LogP) is 3.91. The van der Waals surface area contributed by atoms with Crippen molar-refractivity contribution in [3.8, 4) is 5.75 Å². The zero-order valence-corrected chi connectivity index (χ0v) is 18.6. The smallest absolute Gasteiger partial charge is 0.406 e. The topological polar surface area (TPSA) is 111 Å². The van der Waals surface area contributed by atoms with Crippen LogP contribution in [-0.4, -0.2) is 23.3 Å². The first kappa shape index (κ1) is 24.9. The number of aliphatic hydroxyl groups is 1. The number of carbonyl (C=O) groups is 2. The number of benzene rings is 2. The first-order valence-corrected chi connectivity index (χ1v) is 10.8. The molecule has 0 unspecified atom stereocenters. The highest BCUT2D eigenvalue weighted by molar-refractivity contribution is 7.92. The molecule has 1 saturated carbocycles. The molecule has 0 bridgehead atoms. The lowest BCUT2D eigenvalue weighted by atomic mass is 9.95. The number of aliphatic hydroxyl groups excluding tert-OH is 1. The predicted molar refractivity (Wildman–Crippen MR) is 115 cm³/mol. The van der Waals surface area contributed by atoms with Gasteiger partial charge in [-0.05, 0) is 48.2 Å². The minimum absolute atomic E-state index is 0.172. The second-order valence-corrected chi connectivity index (χ2v) is 8.38. The Balaban J connectivity index is 1.65. The number of rotatable bonds is 8. The van der Waals surface area contributed by atoms with Crippen LogP contribution in [0.1, 0.15) is 53.4 Å². The van der Waals surface area contributed by atoms with Crippen molar-refractivity contribution < 1.29 is 36.8 Å². The zero-order valence-electron chi connectivity index (χ0n) is 17.8. The van der Waals surface area contributed by atoms with Gasteiger partial charge in [-0.1, -0.05) is 31.2 Å². The van der Waals surface area contributed by atoms with E-state index in [4.69, 9.17) is 5.14 Å². The number of hydrogen-bond donors (Lipinski definition) is 3. The minimum Gasteiger partial charge on any atom is -0.406 e. The molecule has 33 heavy (non-hydrogen) atoms. The van der Waals surface area contributed by atoms with Crippen LogP contribution in [0.25, 0.3) is 0 Å². The Hall–Kier alpha value is -2.76. The van der Waals surface area contributed by atoms with E-state index < -0.39 is 30.4 Å². The summed E-state index contributed by atoms with van der Waals surface area (Å²) in [6, 6.07) is 9.86. The maximum absolute atomic E-state index is 12.8. The van der Waals surface area contributed by atoms with E-state index in [1.54, 1.807) is 19.1 Å². The van der Waals surface area contributed by atoms with Crippen LogP contribution in [-0.2, 0) is 21.0 Å². The summed E-state index contributed by atoms with van der Waals surface area (Å²) in [5, 5.41) is 17.6. The molecule has 7 nitrogen and oxygen atoms in total. The fourth-order valence-electron chi connectivity index (χ4n) is 3.80. The number of carbonyl (C=O) groups excluding carboxylic acids is 2. The quantitative estimate of drug-likeness (QED) is 0.385. The van der Waals surface area contributed by atoms with Crippen molar-refractivity contribution in [1.29, 1.82) is 0 Å². The Bertz CT molecular complexity index is 1030. The van der Waals surface area contributed by atoms with Crippen molar-refractivity contribution in [1.82, 2.24) is 5.32 Å². The lowest BCUT2D eigenvalue weighted by Gasteiger charge is -2.18. The van der Waals surface area contributed by atoms with Gasteiger partial charge in [0.1, 0.15) is 18.0 Å². The normalized spacial score (nSPS) is 20.6. The first-order valence-electron chi connectivity index (χ1n) is 9.96. The molecule has 1 aliphatic carbocycles. The number of amides is 1. The van der Waals surface area contributed by atoms with E-state index in [2.05, 4.69) is 14.2 Å². The Labute approximate surface area is 192 Å². The molecule has 0 saturated heterocycles. The molecule has 4 N–H and O–H groups in total. The number of ether oxygens (including phenoxy) is 1. The average Bonchev–Trinajstić information content (AvgIpc) is 3.45. The molecule has 0 aliphatic heterocycles. The van der Waals surface area contributed by atoms with Gasteiger partial charge in [0.15, 0.2) is 0 Å². The highest BCUT2D eigenvalue weighted by Gasteiger charge is 2.55. The van der Waals surface area contributed by atoms with Gasteiger partial charge in [0.25, 0.3) is 0 Å². The number of alkyl halides is 3. The molecule has 2 aromatic rings. The van der Waals surface area contributed by atoms with Gasteiger partial charge in [-0.25, -0.2) is 9.93 Å². The second-order valence-electron chi connectivity index (χ2n) is 8.02. The monoisotopic (exact) mass is 484 g/mol. The van der Waals surface area contributed by atoms with Crippen LogP contribution in [0.15, 0.2) is 42.5 Å². The third kappa shape index (κ3) is 5.79. The van der Waals surface area contributed by atoms with Gasteiger partial charge < -0.3 is 19.3 Å². The summed E-state index contributed by atoms with van der Waals surface area (Å²) >= 11 is 0.409. The van der Waals surface area contributed by atoms with Gasteiger partial charge in [0, 0.05) is 11.3 Å². The Kier molecular flexibility index (Phi) is 7.25. The molecule has 0 aromatic heterocycles. The fourth-order valence-corrected chi connectivity index (χ4v) is 3.98. The molecule has 178 valence electrons. The lowest BCUT2D eigenvalue weighted by molar-refractivity contribution is -0.274. The largest absolute Gasteiger partial charge is 0.573 e. The van der Waals surface area contributed by atoms with E-state index in [0.29, 0.717) is 29.8 Å². The van der Waals surface area contributed by atoms with Crippen LogP contribution in [0.4, 0.5) is 13.2 Å².